The van der Waals surface area contributed by atoms with Crippen molar-refractivity contribution in [2.45, 2.75) is 45.6 Å². The van der Waals surface area contributed by atoms with Crippen LogP contribution in [0.5, 0.6) is 5.75 Å². The van der Waals surface area contributed by atoms with Gasteiger partial charge in [-0.05, 0) is 32.3 Å². The molecule has 17 heavy (non-hydrogen) atoms. The topological polar surface area (TPSA) is 35.2 Å². The zero-order valence-electron chi connectivity index (χ0n) is 10.9. The summed E-state index contributed by atoms with van der Waals surface area (Å²) in [5, 5.41) is 0. The maximum Gasteiger partial charge on any atom is 0.124 e. The normalized spacial score (nSPS) is 17.6. The number of ether oxygens (including phenoxy) is 1. The second kappa shape index (κ2) is 5.54. The van der Waals surface area contributed by atoms with Gasteiger partial charge in [-0.1, -0.05) is 37.0 Å². The molecule has 1 atom stereocenters. The molecule has 2 rings (SSSR count). The molecule has 0 aliphatic heterocycles. The molecule has 0 spiro atoms. The second-order valence-electron chi connectivity index (χ2n) is 5.11. The summed E-state index contributed by atoms with van der Waals surface area (Å²) < 4.78 is 5.67. The lowest BCUT2D eigenvalue weighted by Crippen LogP contribution is -2.20. The van der Waals surface area contributed by atoms with Crippen molar-refractivity contribution in [3.8, 4) is 5.75 Å². The molecule has 0 amide bonds. The van der Waals surface area contributed by atoms with Gasteiger partial charge in [0, 0.05) is 11.6 Å². The van der Waals surface area contributed by atoms with Gasteiger partial charge in [0.2, 0.25) is 0 Å². The Kier molecular flexibility index (Phi) is 4.06. The predicted molar refractivity (Wildman–Crippen MR) is 71.2 cm³/mol. The standard InChI is InChI=1S/C15H23NO/c1-3-17-15-8-7-11(2)9-13(15)14(16)10-12-5-4-6-12/h7-9,12,14H,3-6,10,16H2,1-2H3. The highest BCUT2D eigenvalue weighted by molar-refractivity contribution is 5.39. The fourth-order valence-corrected chi connectivity index (χ4v) is 2.46. The molecule has 1 saturated carbocycles. The van der Waals surface area contributed by atoms with Crippen molar-refractivity contribution in [1.82, 2.24) is 0 Å². The Morgan fingerprint density at radius 1 is 1.41 bits per heavy atom. The van der Waals surface area contributed by atoms with E-state index < -0.39 is 0 Å². The van der Waals surface area contributed by atoms with Crippen LogP contribution in [0.25, 0.3) is 0 Å². The Morgan fingerprint density at radius 2 is 2.18 bits per heavy atom. The fourth-order valence-electron chi connectivity index (χ4n) is 2.46. The maximum absolute atomic E-state index is 6.33. The average Bonchev–Trinajstić information content (AvgIpc) is 2.26. The SMILES string of the molecule is CCOc1ccc(C)cc1C(N)CC1CCC1. The van der Waals surface area contributed by atoms with Crippen LogP contribution in [0.4, 0.5) is 0 Å². The maximum atomic E-state index is 6.33. The van der Waals surface area contributed by atoms with Crippen LogP contribution in [0.1, 0.15) is 49.8 Å². The fraction of sp³-hybridized carbons (Fsp3) is 0.600. The number of hydrogen-bond donors (Lipinski definition) is 1. The van der Waals surface area contributed by atoms with Gasteiger partial charge < -0.3 is 10.5 Å². The van der Waals surface area contributed by atoms with E-state index >= 15 is 0 Å². The molecule has 1 aliphatic rings. The lowest BCUT2D eigenvalue weighted by Gasteiger charge is -2.29. The number of hydrogen-bond acceptors (Lipinski definition) is 2. The number of rotatable bonds is 5. The molecule has 0 heterocycles. The smallest absolute Gasteiger partial charge is 0.124 e. The molecule has 0 aromatic heterocycles. The molecular formula is C15H23NO. The Balaban J connectivity index is 2.12. The van der Waals surface area contributed by atoms with Gasteiger partial charge in [-0.3, -0.25) is 0 Å². The van der Waals surface area contributed by atoms with Crippen LogP contribution >= 0.6 is 0 Å². The van der Waals surface area contributed by atoms with Crippen LogP contribution in [-0.2, 0) is 0 Å². The van der Waals surface area contributed by atoms with E-state index in [1.807, 2.05) is 6.92 Å². The number of nitrogens with two attached hydrogens (primary N) is 1. The molecule has 2 heteroatoms. The van der Waals surface area contributed by atoms with Gasteiger partial charge in [-0.2, -0.15) is 0 Å². The molecule has 0 radical (unpaired) electrons. The first-order valence-electron chi connectivity index (χ1n) is 6.69. The van der Waals surface area contributed by atoms with Gasteiger partial charge in [-0.25, -0.2) is 0 Å². The summed E-state index contributed by atoms with van der Waals surface area (Å²) in [6, 6.07) is 6.44. The second-order valence-corrected chi connectivity index (χ2v) is 5.11. The molecular weight excluding hydrogens is 210 g/mol. The molecule has 1 fully saturated rings. The van der Waals surface area contributed by atoms with Gasteiger partial charge >= 0.3 is 0 Å². The third kappa shape index (κ3) is 3.01. The van der Waals surface area contributed by atoms with E-state index in [0.29, 0.717) is 6.61 Å². The van der Waals surface area contributed by atoms with Crippen molar-refractivity contribution >= 4 is 0 Å². The van der Waals surface area contributed by atoms with Crippen molar-refractivity contribution < 1.29 is 4.74 Å². The van der Waals surface area contributed by atoms with Crippen LogP contribution in [0.2, 0.25) is 0 Å². The Bertz CT molecular complexity index is 371. The Labute approximate surface area is 104 Å². The van der Waals surface area contributed by atoms with Crippen LogP contribution in [0.15, 0.2) is 18.2 Å². The molecule has 0 saturated heterocycles. The lowest BCUT2D eigenvalue weighted by atomic mass is 9.79. The lowest BCUT2D eigenvalue weighted by molar-refractivity contribution is 0.272. The number of aryl methyl sites for hydroxylation is 1. The monoisotopic (exact) mass is 233 g/mol. The van der Waals surface area contributed by atoms with Gasteiger partial charge in [-0.15, -0.1) is 0 Å². The molecule has 1 unspecified atom stereocenters. The van der Waals surface area contributed by atoms with E-state index in [-0.39, 0.29) is 6.04 Å². The highest BCUT2D eigenvalue weighted by Crippen LogP contribution is 2.36. The first-order valence-corrected chi connectivity index (χ1v) is 6.69. The van der Waals surface area contributed by atoms with E-state index in [1.54, 1.807) is 0 Å². The molecule has 0 bridgehead atoms. The molecule has 1 aromatic rings. The van der Waals surface area contributed by atoms with Crippen molar-refractivity contribution in [3.05, 3.63) is 29.3 Å². The first-order chi connectivity index (χ1) is 8.20. The summed E-state index contributed by atoms with van der Waals surface area (Å²) in [6.07, 6.45) is 5.18. The van der Waals surface area contributed by atoms with Crippen LogP contribution in [0, 0.1) is 12.8 Å². The van der Waals surface area contributed by atoms with Crippen molar-refractivity contribution in [2.24, 2.45) is 11.7 Å². The number of benzene rings is 1. The van der Waals surface area contributed by atoms with Crippen molar-refractivity contribution in [3.63, 3.8) is 0 Å². The van der Waals surface area contributed by atoms with Crippen LogP contribution in [-0.4, -0.2) is 6.61 Å². The molecule has 2 N–H and O–H groups in total. The molecule has 1 aliphatic carbocycles. The zero-order chi connectivity index (χ0) is 12.3. The third-order valence-corrected chi connectivity index (χ3v) is 3.68. The zero-order valence-corrected chi connectivity index (χ0v) is 10.9. The highest BCUT2D eigenvalue weighted by atomic mass is 16.5. The predicted octanol–water partition coefficient (Wildman–Crippen LogP) is 3.58. The summed E-state index contributed by atoms with van der Waals surface area (Å²) in [5.74, 6) is 1.80. The molecule has 1 aromatic carbocycles. The van der Waals surface area contributed by atoms with Crippen molar-refractivity contribution in [2.75, 3.05) is 6.61 Å². The van der Waals surface area contributed by atoms with Crippen LogP contribution < -0.4 is 10.5 Å². The van der Waals surface area contributed by atoms with E-state index in [2.05, 4.69) is 25.1 Å². The summed E-state index contributed by atoms with van der Waals surface area (Å²) in [5.41, 5.74) is 8.76. The summed E-state index contributed by atoms with van der Waals surface area (Å²) in [6.45, 7) is 4.82. The summed E-state index contributed by atoms with van der Waals surface area (Å²) in [7, 11) is 0. The quantitative estimate of drug-likeness (QED) is 0.843. The van der Waals surface area contributed by atoms with Gasteiger partial charge in [0.1, 0.15) is 5.75 Å². The van der Waals surface area contributed by atoms with E-state index in [1.165, 1.54) is 30.4 Å². The van der Waals surface area contributed by atoms with E-state index in [0.717, 1.165) is 18.1 Å². The molecule has 2 nitrogen and oxygen atoms in total. The highest BCUT2D eigenvalue weighted by Gasteiger charge is 2.22. The molecule has 94 valence electrons. The third-order valence-electron chi connectivity index (χ3n) is 3.68. The minimum absolute atomic E-state index is 0.127. The van der Waals surface area contributed by atoms with E-state index in [4.69, 9.17) is 10.5 Å². The summed E-state index contributed by atoms with van der Waals surface area (Å²) in [4.78, 5) is 0. The Morgan fingerprint density at radius 3 is 2.76 bits per heavy atom. The van der Waals surface area contributed by atoms with Gasteiger partial charge in [0.25, 0.3) is 0 Å². The van der Waals surface area contributed by atoms with E-state index in [9.17, 15) is 0 Å². The average molecular weight is 233 g/mol. The van der Waals surface area contributed by atoms with Gasteiger partial charge in [0.15, 0.2) is 0 Å². The van der Waals surface area contributed by atoms with Crippen molar-refractivity contribution in [1.29, 1.82) is 0 Å². The van der Waals surface area contributed by atoms with Crippen LogP contribution in [0.3, 0.4) is 0 Å². The minimum Gasteiger partial charge on any atom is -0.494 e. The summed E-state index contributed by atoms with van der Waals surface area (Å²) >= 11 is 0. The largest absolute Gasteiger partial charge is 0.494 e. The Hall–Kier alpha value is -1.02. The minimum atomic E-state index is 0.127. The van der Waals surface area contributed by atoms with Gasteiger partial charge in [0.05, 0.1) is 6.61 Å². The first kappa shape index (κ1) is 12.4.